The Bertz CT molecular complexity index is 933. The molecule has 0 aliphatic carbocycles. The van der Waals surface area contributed by atoms with E-state index in [9.17, 15) is 4.79 Å². The highest BCUT2D eigenvalue weighted by Crippen LogP contribution is 2.19. The van der Waals surface area contributed by atoms with Crippen molar-refractivity contribution in [2.75, 3.05) is 42.9 Å². The van der Waals surface area contributed by atoms with Gasteiger partial charge in [0.2, 0.25) is 0 Å². The summed E-state index contributed by atoms with van der Waals surface area (Å²) in [6.07, 6.45) is 0. The highest BCUT2D eigenvalue weighted by atomic mass is 16.2. The summed E-state index contributed by atoms with van der Waals surface area (Å²) in [4.78, 5) is 17.0. The van der Waals surface area contributed by atoms with Crippen LogP contribution < -0.4 is 10.2 Å². The molecule has 0 bridgehead atoms. The van der Waals surface area contributed by atoms with Gasteiger partial charge in [0.1, 0.15) is 5.82 Å². The minimum absolute atomic E-state index is 0.0916. The molecule has 1 amide bonds. The van der Waals surface area contributed by atoms with Crippen molar-refractivity contribution in [2.24, 2.45) is 0 Å². The van der Waals surface area contributed by atoms with E-state index in [-0.39, 0.29) is 5.91 Å². The van der Waals surface area contributed by atoms with Gasteiger partial charge in [0, 0.05) is 38.3 Å². The highest BCUT2D eigenvalue weighted by Gasteiger charge is 2.23. The SMILES string of the molecule is CCNc1ccc(N2CCN(C(=O)c3ccc4ccccc4c3)CC2)nn1. The number of nitrogens with zero attached hydrogens (tertiary/aromatic N) is 4. The number of carbonyl (C=O) groups is 1. The van der Waals surface area contributed by atoms with E-state index in [2.05, 4.69) is 26.5 Å². The van der Waals surface area contributed by atoms with Gasteiger partial charge in [-0.2, -0.15) is 0 Å². The minimum Gasteiger partial charge on any atom is -0.369 e. The van der Waals surface area contributed by atoms with Crippen molar-refractivity contribution in [3.05, 3.63) is 60.2 Å². The largest absolute Gasteiger partial charge is 0.369 e. The fourth-order valence-corrected chi connectivity index (χ4v) is 3.41. The molecule has 0 spiro atoms. The topological polar surface area (TPSA) is 61.4 Å². The normalized spacial score (nSPS) is 14.4. The third-order valence-electron chi connectivity index (χ3n) is 4.90. The first kappa shape index (κ1) is 17.3. The molecule has 6 heteroatoms. The average molecular weight is 361 g/mol. The predicted octanol–water partition coefficient (Wildman–Crippen LogP) is 3.02. The molecule has 2 aromatic carbocycles. The molecule has 138 valence electrons. The highest BCUT2D eigenvalue weighted by molar-refractivity contribution is 5.98. The quantitative estimate of drug-likeness (QED) is 0.774. The molecule has 1 saturated heterocycles. The average Bonchev–Trinajstić information content (AvgIpc) is 2.74. The molecule has 0 saturated carbocycles. The summed E-state index contributed by atoms with van der Waals surface area (Å²) in [6, 6.07) is 17.9. The number of amides is 1. The second kappa shape index (κ2) is 7.61. The van der Waals surface area contributed by atoms with Gasteiger partial charge in [-0.25, -0.2) is 0 Å². The van der Waals surface area contributed by atoms with E-state index in [0.29, 0.717) is 13.1 Å². The van der Waals surface area contributed by atoms with Crippen molar-refractivity contribution in [1.82, 2.24) is 15.1 Å². The second-order valence-electron chi connectivity index (χ2n) is 6.65. The number of benzene rings is 2. The van der Waals surface area contributed by atoms with Crippen LogP contribution in [-0.4, -0.2) is 53.7 Å². The summed E-state index contributed by atoms with van der Waals surface area (Å²) in [5, 5.41) is 13.9. The number of hydrogen-bond acceptors (Lipinski definition) is 5. The molecular weight excluding hydrogens is 338 g/mol. The molecule has 27 heavy (non-hydrogen) atoms. The van der Waals surface area contributed by atoms with Crippen molar-refractivity contribution in [1.29, 1.82) is 0 Å². The van der Waals surface area contributed by atoms with Gasteiger partial charge in [-0.15, -0.1) is 10.2 Å². The van der Waals surface area contributed by atoms with Crippen molar-refractivity contribution in [2.45, 2.75) is 6.92 Å². The summed E-state index contributed by atoms with van der Waals surface area (Å²) in [5.74, 6) is 1.73. The van der Waals surface area contributed by atoms with Crippen LogP contribution in [-0.2, 0) is 0 Å². The maximum atomic E-state index is 12.9. The van der Waals surface area contributed by atoms with Crippen LogP contribution in [0.2, 0.25) is 0 Å². The van der Waals surface area contributed by atoms with Gasteiger partial charge in [0.05, 0.1) is 0 Å². The van der Waals surface area contributed by atoms with Crippen LogP contribution in [0, 0.1) is 0 Å². The zero-order chi connectivity index (χ0) is 18.6. The number of fused-ring (bicyclic) bond motifs is 1. The minimum atomic E-state index is 0.0916. The molecule has 0 unspecified atom stereocenters. The maximum Gasteiger partial charge on any atom is 0.253 e. The molecule has 4 rings (SSSR count). The fraction of sp³-hybridized carbons (Fsp3) is 0.286. The molecule has 0 atom stereocenters. The van der Waals surface area contributed by atoms with Gasteiger partial charge in [-0.1, -0.05) is 30.3 Å². The van der Waals surface area contributed by atoms with Crippen molar-refractivity contribution in [3.63, 3.8) is 0 Å². The van der Waals surface area contributed by atoms with Crippen LogP contribution in [0.4, 0.5) is 11.6 Å². The number of anilines is 2. The second-order valence-corrected chi connectivity index (χ2v) is 6.65. The Morgan fingerprint density at radius 3 is 2.44 bits per heavy atom. The zero-order valence-electron chi connectivity index (χ0n) is 15.4. The van der Waals surface area contributed by atoms with Gasteiger partial charge >= 0.3 is 0 Å². The van der Waals surface area contributed by atoms with Crippen LogP contribution in [0.5, 0.6) is 0 Å². The summed E-state index contributed by atoms with van der Waals surface area (Å²) in [5.41, 5.74) is 0.747. The van der Waals surface area contributed by atoms with Gasteiger partial charge in [-0.3, -0.25) is 4.79 Å². The van der Waals surface area contributed by atoms with Crippen LogP contribution >= 0.6 is 0 Å². The summed E-state index contributed by atoms with van der Waals surface area (Å²) >= 11 is 0. The Balaban J connectivity index is 1.41. The molecule has 3 aromatic rings. The van der Waals surface area contributed by atoms with Gasteiger partial charge in [-0.05, 0) is 42.0 Å². The first-order valence-electron chi connectivity index (χ1n) is 9.35. The number of piperazine rings is 1. The van der Waals surface area contributed by atoms with E-state index in [1.54, 1.807) is 0 Å². The lowest BCUT2D eigenvalue weighted by molar-refractivity contribution is 0.0746. The molecular formula is C21H23N5O. The molecule has 1 fully saturated rings. The van der Waals surface area contributed by atoms with Crippen LogP contribution in [0.1, 0.15) is 17.3 Å². The Morgan fingerprint density at radius 2 is 1.74 bits per heavy atom. The maximum absolute atomic E-state index is 12.9. The van der Waals surface area contributed by atoms with Gasteiger partial charge < -0.3 is 15.1 Å². The van der Waals surface area contributed by atoms with Crippen molar-refractivity contribution in [3.8, 4) is 0 Å². The number of aromatic nitrogens is 2. The summed E-state index contributed by atoms with van der Waals surface area (Å²) < 4.78 is 0. The predicted molar refractivity (Wildman–Crippen MR) is 108 cm³/mol. The van der Waals surface area contributed by atoms with E-state index < -0.39 is 0 Å². The molecule has 1 N–H and O–H groups in total. The Labute approximate surface area is 158 Å². The summed E-state index contributed by atoms with van der Waals surface area (Å²) in [7, 11) is 0. The standard InChI is InChI=1S/C21H23N5O/c1-2-22-19-9-10-20(24-23-19)25-11-13-26(14-12-25)21(27)18-8-7-16-5-3-4-6-17(16)15-18/h3-10,15H,2,11-14H2,1H3,(H,22,23). The number of hydrogen-bond donors (Lipinski definition) is 1. The van der Waals surface area contributed by atoms with Crippen molar-refractivity contribution >= 4 is 28.3 Å². The fourth-order valence-electron chi connectivity index (χ4n) is 3.41. The molecule has 6 nitrogen and oxygen atoms in total. The first-order chi connectivity index (χ1) is 13.2. The van der Waals surface area contributed by atoms with Crippen molar-refractivity contribution < 1.29 is 4.79 Å². The number of nitrogens with one attached hydrogen (secondary N) is 1. The molecule has 2 heterocycles. The van der Waals surface area contributed by atoms with E-state index >= 15 is 0 Å². The molecule has 1 aliphatic heterocycles. The smallest absolute Gasteiger partial charge is 0.253 e. The lowest BCUT2D eigenvalue weighted by Crippen LogP contribution is -2.49. The van der Waals surface area contributed by atoms with E-state index in [4.69, 9.17) is 0 Å². The Kier molecular flexibility index (Phi) is 4.87. The van der Waals surface area contributed by atoms with E-state index in [1.165, 1.54) is 0 Å². The van der Waals surface area contributed by atoms with E-state index in [0.717, 1.165) is 47.6 Å². The van der Waals surface area contributed by atoms with Gasteiger partial charge in [0.25, 0.3) is 5.91 Å². The molecule has 1 aromatic heterocycles. The third kappa shape index (κ3) is 3.69. The summed E-state index contributed by atoms with van der Waals surface area (Å²) in [6.45, 7) is 5.73. The molecule has 1 aliphatic rings. The monoisotopic (exact) mass is 361 g/mol. The Morgan fingerprint density at radius 1 is 0.963 bits per heavy atom. The zero-order valence-corrected chi connectivity index (χ0v) is 15.4. The number of carbonyl (C=O) groups excluding carboxylic acids is 1. The first-order valence-corrected chi connectivity index (χ1v) is 9.35. The van der Waals surface area contributed by atoms with Gasteiger partial charge in [0.15, 0.2) is 5.82 Å². The number of rotatable bonds is 4. The van der Waals surface area contributed by atoms with Crippen LogP contribution in [0.15, 0.2) is 54.6 Å². The van der Waals surface area contributed by atoms with E-state index in [1.807, 2.05) is 60.4 Å². The third-order valence-corrected chi connectivity index (χ3v) is 4.90. The lowest BCUT2D eigenvalue weighted by atomic mass is 10.1. The Hall–Kier alpha value is -3.15. The van der Waals surface area contributed by atoms with Crippen LogP contribution in [0.25, 0.3) is 10.8 Å². The van der Waals surface area contributed by atoms with Crippen LogP contribution in [0.3, 0.4) is 0 Å². The lowest BCUT2D eigenvalue weighted by Gasteiger charge is -2.35. The molecule has 0 radical (unpaired) electrons.